The van der Waals surface area contributed by atoms with Crippen LogP contribution < -0.4 is 20.9 Å². The van der Waals surface area contributed by atoms with Gasteiger partial charge in [0.2, 0.25) is 0 Å². The lowest BCUT2D eigenvalue weighted by molar-refractivity contribution is -0.274. The monoisotopic (exact) mass is 311 g/mol. The molecule has 2 amide bonds. The molecule has 22 heavy (non-hydrogen) atoms. The summed E-state index contributed by atoms with van der Waals surface area (Å²) in [4.78, 5) is 11.6. The van der Waals surface area contributed by atoms with Gasteiger partial charge in [-0.25, -0.2) is 4.79 Å². The number of hydrogen-bond donors (Lipinski definition) is 3. The Morgan fingerprint density at radius 3 is 2.32 bits per heavy atom. The number of ether oxygens (including phenoxy) is 1. The minimum absolute atomic E-state index is 0.161. The van der Waals surface area contributed by atoms with Crippen LogP contribution in [-0.2, 0) is 0 Å². The van der Waals surface area contributed by atoms with Gasteiger partial charge >= 0.3 is 12.4 Å². The molecular formula is C14H12F3N3O2. The van der Waals surface area contributed by atoms with Crippen LogP contribution in [0.2, 0.25) is 0 Å². The van der Waals surface area contributed by atoms with Crippen LogP contribution in [0, 0.1) is 0 Å². The normalized spacial score (nSPS) is 10.7. The lowest BCUT2D eigenvalue weighted by atomic mass is 10.3. The second kappa shape index (κ2) is 6.70. The standard InChI is InChI=1S/C14H12F3N3O2/c15-14(16,17)22-12-8-4-7-11(9-12)18-13(21)20-19-10-5-2-1-3-6-10/h1-9,19H,(H2,18,20,21). The summed E-state index contributed by atoms with van der Waals surface area (Å²) in [5.74, 6) is -0.415. The van der Waals surface area contributed by atoms with Gasteiger partial charge in [0.15, 0.2) is 0 Å². The van der Waals surface area contributed by atoms with E-state index >= 15 is 0 Å². The average molecular weight is 311 g/mol. The maximum atomic E-state index is 12.1. The van der Waals surface area contributed by atoms with E-state index in [1.54, 1.807) is 24.3 Å². The molecule has 0 fully saturated rings. The first-order valence-electron chi connectivity index (χ1n) is 6.16. The van der Waals surface area contributed by atoms with Gasteiger partial charge in [0, 0.05) is 11.8 Å². The van der Waals surface area contributed by atoms with E-state index in [1.165, 1.54) is 12.1 Å². The summed E-state index contributed by atoms with van der Waals surface area (Å²) in [6.07, 6.45) is -4.78. The maximum Gasteiger partial charge on any atom is 0.573 e. The SMILES string of the molecule is O=C(NNc1ccccc1)Nc1cccc(OC(F)(F)F)c1. The van der Waals surface area contributed by atoms with Crippen LogP contribution in [-0.4, -0.2) is 12.4 Å². The molecule has 0 spiro atoms. The Labute approximate surface area is 124 Å². The minimum atomic E-state index is -4.78. The van der Waals surface area contributed by atoms with Crippen LogP contribution in [0.1, 0.15) is 0 Å². The molecule has 2 rings (SSSR count). The molecule has 0 saturated carbocycles. The number of anilines is 2. The van der Waals surface area contributed by atoms with E-state index in [0.717, 1.165) is 12.1 Å². The number of benzene rings is 2. The van der Waals surface area contributed by atoms with Crippen molar-refractivity contribution in [2.45, 2.75) is 6.36 Å². The highest BCUT2D eigenvalue weighted by Gasteiger charge is 2.31. The Morgan fingerprint density at radius 1 is 0.955 bits per heavy atom. The van der Waals surface area contributed by atoms with E-state index in [1.807, 2.05) is 6.07 Å². The fourth-order valence-corrected chi connectivity index (χ4v) is 1.58. The average Bonchev–Trinajstić information content (AvgIpc) is 2.45. The third-order valence-corrected chi connectivity index (χ3v) is 2.42. The lowest BCUT2D eigenvalue weighted by Gasteiger charge is -2.12. The van der Waals surface area contributed by atoms with Crippen molar-refractivity contribution in [3.05, 3.63) is 54.6 Å². The predicted octanol–water partition coefficient (Wildman–Crippen LogP) is 3.73. The number of carbonyl (C=O) groups excluding carboxylic acids is 1. The molecule has 0 aliphatic rings. The fraction of sp³-hybridized carbons (Fsp3) is 0.0714. The number of carbonyl (C=O) groups is 1. The number of rotatable bonds is 4. The van der Waals surface area contributed by atoms with Crippen molar-refractivity contribution in [2.75, 3.05) is 10.7 Å². The van der Waals surface area contributed by atoms with Gasteiger partial charge in [0.05, 0.1) is 5.69 Å². The lowest BCUT2D eigenvalue weighted by Crippen LogP contribution is -2.33. The summed E-state index contributed by atoms with van der Waals surface area (Å²) in [5.41, 5.74) is 5.82. The Hall–Kier alpha value is -2.90. The minimum Gasteiger partial charge on any atom is -0.406 e. The third kappa shape index (κ3) is 5.23. The first-order chi connectivity index (χ1) is 10.4. The number of alkyl halides is 3. The van der Waals surface area contributed by atoms with Gasteiger partial charge < -0.3 is 10.1 Å². The molecular weight excluding hydrogens is 299 g/mol. The first kappa shape index (κ1) is 15.5. The Balaban J connectivity index is 1.90. The summed E-state index contributed by atoms with van der Waals surface area (Å²) in [6, 6.07) is 13.2. The van der Waals surface area contributed by atoms with E-state index in [0.29, 0.717) is 5.69 Å². The Morgan fingerprint density at radius 2 is 1.64 bits per heavy atom. The largest absolute Gasteiger partial charge is 0.573 e. The van der Waals surface area contributed by atoms with Gasteiger partial charge in [0.1, 0.15) is 5.75 Å². The van der Waals surface area contributed by atoms with Crippen LogP contribution in [0.4, 0.5) is 29.3 Å². The van der Waals surface area contributed by atoms with Crippen molar-refractivity contribution in [1.82, 2.24) is 5.43 Å². The molecule has 5 nitrogen and oxygen atoms in total. The highest BCUT2D eigenvalue weighted by Crippen LogP contribution is 2.24. The molecule has 0 saturated heterocycles. The van der Waals surface area contributed by atoms with Crippen molar-refractivity contribution in [1.29, 1.82) is 0 Å². The van der Waals surface area contributed by atoms with Gasteiger partial charge in [-0.3, -0.25) is 10.9 Å². The van der Waals surface area contributed by atoms with E-state index in [4.69, 9.17) is 0 Å². The van der Waals surface area contributed by atoms with Gasteiger partial charge in [0.25, 0.3) is 0 Å². The smallest absolute Gasteiger partial charge is 0.406 e. The molecule has 0 aromatic heterocycles. The molecule has 0 aliphatic carbocycles. The molecule has 3 N–H and O–H groups in total. The van der Waals surface area contributed by atoms with Gasteiger partial charge in [-0.05, 0) is 24.3 Å². The van der Waals surface area contributed by atoms with E-state index < -0.39 is 18.1 Å². The van der Waals surface area contributed by atoms with E-state index in [2.05, 4.69) is 20.9 Å². The number of hydrogen-bond acceptors (Lipinski definition) is 3. The molecule has 0 bridgehead atoms. The van der Waals surface area contributed by atoms with E-state index in [9.17, 15) is 18.0 Å². The van der Waals surface area contributed by atoms with Gasteiger partial charge in [-0.2, -0.15) is 0 Å². The molecule has 0 unspecified atom stereocenters. The zero-order valence-electron chi connectivity index (χ0n) is 11.1. The van der Waals surface area contributed by atoms with Crippen LogP contribution in [0.25, 0.3) is 0 Å². The second-order valence-corrected chi connectivity index (χ2v) is 4.15. The van der Waals surface area contributed by atoms with Crippen molar-refractivity contribution in [3.63, 3.8) is 0 Å². The summed E-state index contributed by atoms with van der Waals surface area (Å²) in [6.45, 7) is 0. The number of para-hydroxylation sites is 1. The van der Waals surface area contributed by atoms with Crippen molar-refractivity contribution >= 4 is 17.4 Å². The predicted molar refractivity (Wildman–Crippen MR) is 75.3 cm³/mol. The van der Waals surface area contributed by atoms with Crippen LogP contribution in [0.3, 0.4) is 0 Å². The van der Waals surface area contributed by atoms with Gasteiger partial charge in [-0.15, -0.1) is 13.2 Å². The molecule has 2 aromatic carbocycles. The topological polar surface area (TPSA) is 62.4 Å². The van der Waals surface area contributed by atoms with E-state index in [-0.39, 0.29) is 5.69 Å². The van der Waals surface area contributed by atoms with Crippen LogP contribution in [0.15, 0.2) is 54.6 Å². The molecule has 0 aliphatic heterocycles. The highest BCUT2D eigenvalue weighted by atomic mass is 19.4. The summed E-state index contributed by atoms with van der Waals surface area (Å²) >= 11 is 0. The van der Waals surface area contributed by atoms with Gasteiger partial charge in [-0.1, -0.05) is 24.3 Å². The molecule has 0 radical (unpaired) electrons. The third-order valence-electron chi connectivity index (χ3n) is 2.42. The molecule has 8 heteroatoms. The first-order valence-corrected chi connectivity index (χ1v) is 6.16. The number of amides is 2. The summed E-state index contributed by atoms with van der Waals surface area (Å²) in [7, 11) is 0. The van der Waals surface area contributed by atoms with Crippen molar-refractivity contribution in [2.24, 2.45) is 0 Å². The number of hydrazine groups is 1. The zero-order valence-corrected chi connectivity index (χ0v) is 11.1. The fourth-order valence-electron chi connectivity index (χ4n) is 1.58. The second-order valence-electron chi connectivity index (χ2n) is 4.15. The number of halogens is 3. The summed E-state index contributed by atoms with van der Waals surface area (Å²) in [5, 5.41) is 2.38. The molecule has 116 valence electrons. The summed E-state index contributed by atoms with van der Waals surface area (Å²) < 4.78 is 40.1. The van der Waals surface area contributed by atoms with Crippen molar-refractivity contribution in [3.8, 4) is 5.75 Å². The highest BCUT2D eigenvalue weighted by molar-refractivity contribution is 5.90. The Kier molecular flexibility index (Phi) is 4.72. The zero-order chi connectivity index (χ0) is 16.0. The molecule has 2 aromatic rings. The quantitative estimate of drug-likeness (QED) is 0.754. The number of urea groups is 1. The van der Waals surface area contributed by atoms with Crippen LogP contribution >= 0.6 is 0 Å². The Bertz CT molecular complexity index is 633. The molecule has 0 heterocycles. The van der Waals surface area contributed by atoms with Crippen molar-refractivity contribution < 1.29 is 22.7 Å². The molecule has 0 atom stereocenters. The maximum absolute atomic E-state index is 12.1. The number of nitrogens with one attached hydrogen (secondary N) is 3. The van der Waals surface area contributed by atoms with Crippen LogP contribution in [0.5, 0.6) is 5.75 Å².